The third kappa shape index (κ3) is 3.69. The molecule has 2 aromatic carbocycles. The highest BCUT2D eigenvalue weighted by Gasteiger charge is 2.63. The van der Waals surface area contributed by atoms with Gasteiger partial charge in [0.2, 0.25) is 17.2 Å². The van der Waals surface area contributed by atoms with Crippen LogP contribution in [-0.4, -0.2) is 50.0 Å². The smallest absolute Gasteiger partial charge is 0.328 e. The van der Waals surface area contributed by atoms with E-state index in [1.807, 2.05) is 30.3 Å². The molecule has 0 saturated heterocycles. The van der Waals surface area contributed by atoms with Gasteiger partial charge < -0.3 is 24.3 Å². The Balaban J connectivity index is 1.64. The summed E-state index contributed by atoms with van der Waals surface area (Å²) in [5.41, 5.74) is 0.249. The number of ketones is 2. The molecule has 2 aromatic rings. The van der Waals surface area contributed by atoms with Crippen LogP contribution in [0.15, 0.2) is 47.7 Å². The molecule has 1 aliphatic carbocycles. The van der Waals surface area contributed by atoms with Gasteiger partial charge >= 0.3 is 5.97 Å². The highest BCUT2D eigenvalue weighted by molar-refractivity contribution is 6.36. The minimum Gasteiger partial charge on any atom is -0.496 e. The quantitative estimate of drug-likeness (QED) is 0.457. The highest BCUT2D eigenvalue weighted by atomic mass is 35.5. The fraction of sp³-hybridized carbons (Fsp3) is 0.393. The second kappa shape index (κ2) is 9.41. The van der Waals surface area contributed by atoms with Gasteiger partial charge in [-0.05, 0) is 25.3 Å². The van der Waals surface area contributed by atoms with Crippen LogP contribution in [0.2, 0.25) is 5.02 Å². The molecule has 9 heteroatoms. The molecular weight excluding hydrogens is 498 g/mol. The molecule has 8 nitrogen and oxygen atoms in total. The molecule has 0 radical (unpaired) electrons. The predicted molar refractivity (Wildman–Crippen MR) is 135 cm³/mol. The summed E-state index contributed by atoms with van der Waals surface area (Å²) < 4.78 is 22.4. The van der Waals surface area contributed by atoms with Crippen molar-refractivity contribution in [3.63, 3.8) is 0 Å². The number of carbonyl (C=O) groups is 3. The Morgan fingerprint density at radius 1 is 1.14 bits per heavy atom. The number of rotatable bonds is 5. The summed E-state index contributed by atoms with van der Waals surface area (Å²) in [4.78, 5) is 41.2. The zero-order chi connectivity index (χ0) is 26.5. The van der Waals surface area contributed by atoms with E-state index in [1.54, 1.807) is 13.8 Å². The first-order chi connectivity index (χ1) is 17.8. The standard InChI is InChI=1S/C28H28ClNO7/c1-5-36-27(33)18-12-16(15-9-7-6-8-10-15)21-17(30-18)11-14(2)28(25(21)31)26(32)22-19(34-3)13-20(35-4)23(29)24(22)37-28/h6-10,13-14,16,18,30H,5,11-12H2,1-4H3/t14-,16-,18+,28+/m1/s1. The fourth-order valence-electron chi connectivity index (χ4n) is 5.71. The molecule has 2 aliphatic heterocycles. The zero-order valence-electron chi connectivity index (χ0n) is 21.1. The number of carbonyl (C=O) groups excluding carboxylic acids is 3. The fourth-order valence-corrected chi connectivity index (χ4v) is 5.98. The number of esters is 1. The summed E-state index contributed by atoms with van der Waals surface area (Å²) in [6, 6.07) is 10.4. The van der Waals surface area contributed by atoms with E-state index in [1.165, 1.54) is 20.3 Å². The van der Waals surface area contributed by atoms with E-state index in [2.05, 4.69) is 5.32 Å². The maximum absolute atomic E-state index is 14.4. The second-order valence-corrected chi connectivity index (χ2v) is 9.82. The molecule has 1 N–H and O–H groups in total. The number of benzene rings is 2. The van der Waals surface area contributed by atoms with Crippen molar-refractivity contribution >= 4 is 29.1 Å². The van der Waals surface area contributed by atoms with E-state index in [4.69, 9.17) is 30.5 Å². The lowest BCUT2D eigenvalue weighted by Gasteiger charge is -2.43. The molecule has 3 aliphatic rings. The van der Waals surface area contributed by atoms with E-state index < -0.39 is 35.0 Å². The Morgan fingerprint density at radius 3 is 2.49 bits per heavy atom. The minimum absolute atomic E-state index is 0.0801. The number of hydrogen-bond donors (Lipinski definition) is 1. The van der Waals surface area contributed by atoms with Gasteiger partial charge in [-0.25, -0.2) is 4.79 Å². The monoisotopic (exact) mass is 525 g/mol. The van der Waals surface area contributed by atoms with Gasteiger partial charge in [0, 0.05) is 29.2 Å². The van der Waals surface area contributed by atoms with Crippen molar-refractivity contribution in [2.45, 2.75) is 44.2 Å². The summed E-state index contributed by atoms with van der Waals surface area (Å²) in [5.74, 6) is -1.73. The minimum atomic E-state index is -1.81. The Bertz CT molecular complexity index is 1320. The van der Waals surface area contributed by atoms with E-state index in [0.717, 1.165) is 5.56 Å². The Labute approximate surface area is 219 Å². The Hall–Kier alpha value is -3.52. The van der Waals surface area contributed by atoms with Gasteiger partial charge in [0.25, 0.3) is 0 Å². The van der Waals surface area contributed by atoms with E-state index in [-0.39, 0.29) is 40.4 Å². The largest absolute Gasteiger partial charge is 0.496 e. The maximum Gasteiger partial charge on any atom is 0.328 e. The molecule has 0 aromatic heterocycles. The maximum atomic E-state index is 14.4. The predicted octanol–water partition coefficient (Wildman–Crippen LogP) is 4.24. The molecule has 0 amide bonds. The number of Topliss-reactive ketones (excluding diaryl/α,β-unsaturated/α-hetero) is 2. The lowest BCUT2D eigenvalue weighted by Crippen LogP contribution is -2.59. The average Bonchev–Trinajstić information content (AvgIpc) is 3.22. The van der Waals surface area contributed by atoms with Crippen LogP contribution in [0.25, 0.3) is 0 Å². The molecule has 2 heterocycles. The second-order valence-electron chi connectivity index (χ2n) is 9.44. The number of halogens is 1. The molecule has 0 unspecified atom stereocenters. The van der Waals surface area contributed by atoms with Crippen LogP contribution < -0.4 is 19.5 Å². The zero-order valence-corrected chi connectivity index (χ0v) is 21.8. The van der Waals surface area contributed by atoms with Crippen LogP contribution >= 0.6 is 11.6 Å². The van der Waals surface area contributed by atoms with Crippen molar-refractivity contribution in [3.05, 3.63) is 63.8 Å². The molecule has 4 atom stereocenters. The Morgan fingerprint density at radius 2 is 1.84 bits per heavy atom. The van der Waals surface area contributed by atoms with Crippen molar-refractivity contribution in [3.8, 4) is 17.2 Å². The number of allylic oxidation sites excluding steroid dienone is 1. The number of hydrogen-bond acceptors (Lipinski definition) is 8. The first-order valence-corrected chi connectivity index (χ1v) is 12.6. The van der Waals surface area contributed by atoms with Gasteiger partial charge in [0.1, 0.15) is 28.1 Å². The first kappa shape index (κ1) is 25.1. The van der Waals surface area contributed by atoms with Crippen molar-refractivity contribution in [1.82, 2.24) is 5.32 Å². The molecule has 194 valence electrons. The van der Waals surface area contributed by atoms with Gasteiger partial charge in [0.05, 0.1) is 20.8 Å². The van der Waals surface area contributed by atoms with Gasteiger partial charge in [-0.3, -0.25) is 9.59 Å². The van der Waals surface area contributed by atoms with E-state index in [0.29, 0.717) is 24.1 Å². The van der Waals surface area contributed by atoms with Crippen molar-refractivity contribution < 1.29 is 33.3 Å². The first-order valence-electron chi connectivity index (χ1n) is 12.2. The van der Waals surface area contributed by atoms with Crippen molar-refractivity contribution in [2.24, 2.45) is 5.92 Å². The molecule has 0 saturated carbocycles. The average molecular weight is 526 g/mol. The van der Waals surface area contributed by atoms with Crippen molar-refractivity contribution in [2.75, 3.05) is 20.8 Å². The molecular formula is C28H28ClNO7. The lowest BCUT2D eigenvalue weighted by molar-refractivity contribution is -0.146. The normalized spacial score (nSPS) is 26.2. The molecule has 0 fully saturated rings. The van der Waals surface area contributed by atoms with Gasteiger partial charge in [-0.1, -0.05) is 48.9 Å². The highest BCUT2D eigenvalue weighted by Crippen LogP contribution is 2.55. The molecule has 1 spiro atoms. The summed E-state index contributed by atoms with van der Waals surface area (Å²) in [6.45, 7) is 3.80. The van der Waals surface area contributed by atoms with Crippen LogP contribution in [0.5, 0.6) is 17.2 Å². The van der Waals surface area contributed by atoms with Gasteiger partial charge in [-0.2, -0.15) is 0 Å². The lowest BCUT2D eigenvalue weighted by atomic mass is 9.65. The van der Waals surface area contributed by atoms with E-state index in [9.17, 15) is 14.4 Å². The van der Waals surface area contributed by atoms with Crippen LogP contribution in [0.3, 0.4) is 0 Å². The molecule has 5 rings (SSSR count). The third-order valence-electron chi connectivity index (χ3n) is 7.47. The topological polar surface area (TPSA) is 100 Å². The number of ether oxygens (including phenoxy) is 4. The summed E-state index contributed by atoms with van der Waals surface area (Å²) in [5, 5.41) is 3.35. The number of methoxy groups -OCH3 is 2. The van der Waals surface area contributed by atoms with Gasteiger partial charge in [-0.15, -0.1) is 0 Å². The SMILES string of the molecule is CCOC(=O)[C@@H]1C[C@H](c2ccccc2)C2=C(C[C@@H](C)[C@]3(Oc4c(Cl)c(OC)cc(OC)c4C3=O)C2=O)N1. The summed E-state index contributed by atoms with van der Waals surface area (Å²) >= 11 is 6.55. The number of fused-ring (bicyclic) bond motifs is 1. The summed E-state index contributed by atoms with van der Waals surface area (Å²) in [7, 11) is 2.88. The van der Waals surface area contributed by atoms with Gasteiger partial charge in [0.15, 0.2) is 5.75 Å². The molecule has 37 heavy (non-hydrogen) atoms. The van der Waals surface area contributed by atoms with Crippen LogP contribution in [-0.2, 0) is 14.3 Å². The third-order valence-corrected chi connectivity index (χ3v) is 7.83. The Kier molecular flexibility index (Phi) is 6.40. The van der Waals surface area contributed by atoms with Crippen LogP contribution in [0.4, 0.5) is 0 Å². The van der Waals surface area contributed by atoms with E-state index >= 15 is 0 Å². The molecule has 0 bridgehead atoms. The van der Waals surface area contributed by atoms with Crippen LogP contribution in [0.1, 0.15) is 48.5 Å². The summed E-state index contributed by atoms with van der Waals surface area (Å²) in [6.07, 6.45) is 0.619. The van der Waals surface area contributed by atoms with Crippen molar-refractivity contribution in [1.29, 1.82) is 0 Å². The van der Waals surface area contributed by atoms with Crippen LogP contribution in [0, 0.1) is 5.92 Å². The number of nitrogens with one attached hydrogen (secondary N) is 1.